The zero-order chi connectivity index (χ0) is 11.4. The summed E-state index contributed by atoms with van der Waals surface area (Å²) in [6.45, 7) is 8.40. The molecule has 0 radical (unpaired) electrons. The van der Waals surface area contributed by atoms with E-state index in [0.29, 0.717) is 6.04 Å². The van der Waals surface area contributed by atoms with Crippen LogP contribution in [0.5, 0.6) is 0 Å². The fraction of sp³-hybridized carbons (Fsp3) is 0.727. The van der Waals surface area contributed by atoms with E-state index in [0.717, 1.165) is 5.56 Å². The Morgan fingerprint density at radius 3 is 2.53 bits per heavy atom. The highest BCUT2D eigenvalue weighted by molar-refractivity contribution is 5.09. The SMILES string of the molecule is CC(CO)NC(C)c1cnn(C(C)C)c1. The van der Waals surface area contributed by atoms with Gasteiger partial charge in [0.15, 0.2) is 0 Å². The van der Waals surface area contributed by atoms with Gasteiger partial charge in [-0.1, -0.05) is 0 Å². The van der Waals surface area contributed by atoms with Crippen molar-refractivity contribution in [2.24, 2.45) is 0 Å². The summed E-state index contributed by atoms with van der Waals surface area (Å²) in [7, 11) is 0. The van der Waals surface area contributed by atoms with Crippen molar-refractivity contribution in [3.05, 3.63) is 18.0 Å². The molecule has 2 unspecified atom stereocenters. The van der Waals surface area contributed by atoms with Crippen LogP contribution in [0.3, 0.4) is 0 Å². The van der Waals surface area contributed by atoms with Crippen molar-refractivity contribution in [3.63, 3.8) is 0 Å². The van der Waals surface area contributed by atoms with Crippen LogP contribution in [0.15, 0.2) is 12.4 Å². The average Bonchev–Trinajstić information content (AvgIpc) is 2.66. The van der Waals surface area contributed by atoms with Crippen LogP contribution in [0.2, 0.25) is 0 Å². The third-order valence-corrected chi connectivity index (χ3v) is 2.46. The smallest absolute Gasteiger partial charge is 0.0582 e. The zero-order valence-corrected chi connectivity index (χ0v) is 9.94. The van der Waals surface area contributed by atoms with Crippen molar-refractivity contribution < 1.29 is 5.11 Å². The predicted octanol–water partition coefficient (Wildman–Crippen LogP) is 1.50. The van der Waals surface area contributed by atoms with Crippen LogP contribution < -0.4 is 5.32 Å². The number of aliphatic hydroxyl groups excluding tert-OH is 1. The number of aromatic nitrogens is 2. The first-order valence-electron chi connectivity index (χ1n) is 5.45. The lowest BCUT2D eigenvalue weighted by atomic mass is 10.1. The van der Waals surface area contributed by atoms with Crippen LogP contribution in [0.4, 0.5) is 0 Å². The van der Waals surface area contributed by atoms with Crippen molar-refractivity contribution in [1.82, 2.24) is 15.1 Å². The van der Waals surface area contributed by atoms with E-state index in [-0.39, 0.29) is 18.7 Å². The summed E-state index contributed by atoms with van der Waals surface area (Å²) in [5, 5.41) is 16.5. The topological polar surface area (TPSA) is 50.1 Å². The first kappa shape index (κ1) is 12.2. The van der Waals surface area contributed by atoms with Gasteiger partial charge in [0.1, 0.15) is 0 Å². The Morgan fingerprint density at radius 2 is 2.07 bits per heavy atom. The van der Waals surface area contributed by atoms with Gasteiger partial charge in [-0.05, 0) is 27.7 Å². The van der Waals surface area contributed by atoms with E-state index in [1.54, 1.807) is 0 Å². The molecule has 1 aromatic heterocycles. The van der Waals surface area contributed by atoms with Crippen LogP contribution in [-0.4, -0.2) is 27.5 Å². The Morgan fingerprint density at radius 1 is 1.40 bits per heavy atom. The van der Waals surface area contributed by atoms with Crippen molar-refractivity contribution >= 4 is 0 Å². The fourth-order valence-electron chi connectivity index (χ4n) is 1.43. The van der Waals surface area contributed by atoms with Gasteiger partial charge >= 0.3 is 0 Å². The molecule has 1 rings (SSSR count). The van der Waals surface area contributed by atoms with Gasteiger partial charge < -0.3 is 10.4 Å². The molecule has 0 aliphatic carbocycles. The average molecular weight is 211 g/mol. The molecule has 2 N–H and O–H groups in total. The Balaban J connectivity index is 2.61. The van der Waals surface area contributed by atoms with Gasteiger partial charge in [-0.25, -0.2) is 0 Å². The molecule has 0 saturated heterocycles. The second-order valence-corrected chi connectivity index (χ2v) is 4.32. The highest BCUT2D eigenvalue weighted by atomic mass is 16.3. The van der Waals surface area contributed by atoms with Gasteiger partial charge in [0.05, 0.1) is 12.8 Å². The normalized spacial score (nSPS) is 15.6. The molecule has 0 spiro atoms. The third kappa shape index (κ3) is 3.32. The highest BCUT2D eigenvalue weighted by Crippen LogP contribution is 2.13. The van der Waals surface area contributed by atoms with Crippen LogP contribution in [-0.2, 0) is 0 Å². The number of aliphatic hydroxyl groups is 1. The number of hydrogen-bond donors (Lipinski definition) is 2. The molecule has 4 nitrogen and oxygen atoms in total. The Labute approximate surface area is 91.3 Å². The summed E-state index contributed by atoms with van der Waals surface area (Å²) in [5.41, 5.74) is 1.16. The number of rotatable bonds is 5. The third-order valence-electron chi connectivity index (χ3n) is 2.46. The van der Waals surface area contributed by atoms with Crippen molar-refractivity contribution in [2.45, 2.75) is 45.8 Å². The molecule has 0 fully saturated rings. The minimum Gasteiger partial charge on any atom is -0.395 e. The van der Waals surface area contributed by atoms with Crippen LogP contribution in [0, 0.1) is 0 Å². The van der Waals surface area contributed by atoms with Gasteiger partial charge in [-0.2, -0.15) is 5.10 Å². The maximum atomic E-state index is 8.94. The lowest BCUT2D eigenvalue weighted by molar-refractivity contribution is 0.243. The highest BCUT2D eigenvalue weighted by Gasteiger charge is 2.11. The van der Waals surface area contributed by atoms with Crippen molar-refractivity contribution in [1.29, 1.82) is 0 Å². The van der Waals surface area contributed by atoms with Crippen molar-refractivity contribution in [2.75, 3.05) is 6.61 Å². The first-order chi connectivity index (χ1) is 7.04. The van der Waals surface area contributed by atoms with E-state index in [1.165, 1.54) is 0 Å². The molecule has 0 aliphatic heterocycles. The largest absolute Gasteiger partial charge is 0.395 e. The van der Waals surface area contributed by atoms with Gasteiger partial charge in [-0.3, -0.25) is 4.68 Å². The molecule has 0 amide bonds. The maximum absolute atomic E-state index is 8.94. The van der Waals surface area contributed by atoms with Gasteiger partial charge in [0, 0.05) is 29.9 Å². The fourth-order valence-corrected chi connectivity index (χ4v) is 1.43. The summed E-state index contributed by atoms with van der Waals surface area (Å²) in [5.74, 6) is 0. The van der Waals surface area contributed by atoms with E-state index >= 15 is 0 Å². The second-order valence-electron chi connectivity index (χ2n) is 4.32. The molecule has 0 aromatic carbocycles. The minimum absolute atomic E-state index is 0.113. The summed E-state index contributed by atoms with van der Waals surface area (Å²) in [6.07, 6.45) is 3.92. The molecular weight excluding hydrogens is 190 g/mol. The summed E-state index contributed by atoms with van der Waals surface area (Å²) >= 11 is 0. The number of nitrogens with zero attached hydrogens (tertiary/aromatic N) is 2. The molecule has 15 heavy (non-hydrogen) atoms. The second kappa shape index (κ2) is 5.28. The number of nitrogens with one attached hydrogen (secondary N) is 1. The Bertz CT molecular complexity index is 296. The van der Waals surface area contributed by atoms with Gasteiger partial charge in [0.2, 0.25) is 0 Å². The molecule has 2 atom stereocenters. The van der Waals surface area contributed by atoms with E-state index in [2.05, 4.69) is 31.2 Å². The molecule has 0 bridgehead atoms. The standard InChI is InChI=1S/C11H21N3O/c1-8(2)14-6-11(5-12-14)10(4)13-9(3)7-15/h5-6,8-10,13,15H,7H2,1-4H3. The zero-order valence-electron chi connectivity index (χ0n) is 9.94. The first-order valence-corrected chi connectivity index (χ1v) is 5.45. The molecule has 1 heterocycles. The quantitative estimate of drug-likeness (QED) is 0.776. The molecule has 0 aliphatic rings. The van der Waals surface area contributed by atoms with E-state index in [4.69, 9.17) is 5.11 Å². The Hall–Kier alpha value is -0.870. The van der Waals surface area contributed by atoms with E-state index in [1.807, 2.05) is 24.0 Å². The summed E-state index contributed by atoms with van der Waals surface area (Å²) < 4.78 is 1.94. The van der Waals surface area contributed by atoms with E-state index < -0.39 is 0 Å². The van der Waals surface area contributed by atoms with E-state index in [9.17, 15) is 0 Å². The molecule has 1 aromatic rings. The predicted molar refractivity (Wildman–Crippen MR) is 60.7 cm³/mol. The monoisotopic (exact) mass is 211 g/mol. The minimum atomic E-state index is 0.113. The van der Waals surface area contributed by atoms with Crippen LogP contribution >= 0.6 is 0 Å². The number of hydrogen-bond acceptors (Lipinski definition) is 3. The van der Waals surface area contributed by atoms with Gasteiger partial charge in [0.25, 0.3) is 0 Å². The lowest BCUT2D eigenvalue weighted by Crippen LogP contribution is -2.31. The van der Waals surface area contributed by atoms with Gasteiger partial charge in [-0.15, -0.1) is 0 Å². The summed E-state index contributed by atoms with van der Waals surface area (Å²) in [4.78, 5) is 0. The molecule has 4 heteroatoms. The Kier molecular flexibility index (Phi) is 4.29. The molecule has 86 valence electrons. The van der Waals surface area contributed by atoms with Crippen LogP contribution in [0.1, 0.15) is 45.3 Å². The van der Waals surface area contributed by atoms with Crippen molar-refractivity contribution in [3.8, 4) is 0 Å². The lowest BCUT2D eigenvalue weighted by Gasteiger charge is -2.16. The maximum Gasteiger partial charge on any atom is 0.0582 e. The molecule has 0 saturated carbocycles. The summed E-state index contributed by atoms with van der Waals surface area (Å²) in [6, 6.07) is 0.725. The molecular formula is C11H21N3O. The van der Waals surface area contributed by atoms with Crippen LogP contribution in [0.25, 0.3) is 0 Å².